The average molecular weight is 258 g/mol. The lowest BCUT2D eigenvalue weighted by Gasteiger charge is -2.37. The molecule has 1 aliphatic carbocycles. The van der Waals surface area contributed by atoms with E-state index in [1.54, 1.807) is 11.8 Å². The second-order valence-corrected chi connectivity index (χ2v) is 6.41. The zero-order chi connectivity index (χ0) is 12.9. The molecule has 0 aromatic heterocycles. The van der Waals surface area contributed by atoms with Crippen molar-refractivity contribution in [1.29, 1.82) is 0 Å². The van der Waals surface area contributed by atoms with Crippen molar-refractivity contribution in [1.82, 2.24) is 5.32 Å². The number of amides is 1. The van der Waals surface area contributed by atoms with Crippen molar-refractivity contribution in [3.63, 3.8) is 0 Å². The molecule has 1 aliphatic rings. The van der Waals surface area contributed by atoms with E-state index >= 15 is 0 Å². The molecule has 0 aromatic carbocycles. The summed E-state index contributed by atoms with van der Waals surface area (Å²) in [6.07, 6.45) is 6.21. The van der Waals surface area contributed by atoms with Gasteiger partial charge in [0.2, 0.25) is 5.91 Å². The molecule has 0 aliphatic heterocycles. The van der Waals surface area contributed by atoms with E-state index in [2.05, 4.69) is 25.4 Å². The summed E-state index contributed by atoms with van der Waals surface area (Å²) in [7, 11) is 0. The maximum Gasteiger partial charge on any atom is 0.227 e. The minimum Gasteiger partial charge on any atom is -0.352 e. The van der Waals surface area contributed by atoms with Gasteiger partial charge in [0, 0.05) is 18.3 Å². The van der Waals surface area contributed by atoms with Crippen LogP contribution in [0, 0.1) is 11.3 Å². The maximum atomic E-state index is 12.3. The maximum absolute atomic E-state index is 12.3. The molecular formula is C13H26N2OS. The van der Waals surface area contributed by atoms with Gasteiger partial charge in [0.25, 0.3) is 0 Å². The van der Waals surface area contributed by atoms with E-state index in [1.807, 2.05) is 0 Å². The number of nitrogens with one attached hydrogen (secondary N) is 1. The molecule has 1 unspecified atom stereocenters. The molecule has 3 N–H and O–H groups in total. The summed E-state index contributed by atoms with van der Waals surface area (Å²) in [5.41, 5.74) is 5.58. The fraction of sp³-hybridized carbons (Fsp3) is 0.923. The minimum atomic E-state index is -0.292. The Morgan fingerprint density at radius 3 is 2.59 bits per heavy atom. The van der Waals surface area contributed by atoms with Crippen LogP contribution >= 0.6 is 11.8 Å². The molecule has 1 amide bonds. The summed E-state index contributed by atoms with van der Waals surface area (Å²) in [5.74, 6) is 1.88. The van der Waals surface area contributed by atoms with Gasteiger partial charge >= 0.3 is 0 Å². The van der Waals surface area contributed by atoms with E-state index in [9.17, 15) is 4.79 Å². The van der Waals surface area contributed by atoms with E-state index in [0.29, 0.717) is 6.54 Å². The highest BCUT2D eigenvalue weighted by Gasteiger charge is 2.40. The molecule has 0 radical (unpaired) electrons. The van der Waals surface area contributed by atoms with Gasteiger partial charge < -0.3 is 11.1 Å². The largest absolute Gasteiger partial charge is 0.352 e. The third-order valence-corrected chi connectivity index (χ3v) is 4.73. The molecule has 0 aromatic rings. The quantitative estimate of drug-likeness (QED) is 0.793. The van der Waals surface area contributed by atoms with Crippen molar-refractivity contribution in [3.8, 4) is 0 Å². The van der Waals surface area contributed by atoms with Gasteiger partial charge in [0.05, 0.1) is 5.41 Å². The first-order chi connectivity index (χ1) is 8.04. The van der Waals surface area contributed by atoms with Crippen molar-refractivity contribution in [2.24, 2.45) is 17.1 Å². The van der Waals surface area contributed by atoms with Crippen LogP contribution in [-0.4, -0.2) is 30.5 Å². The van der Waals surface area contributed by atoms with Gasteiger partial charge in [-0.3, -0.25) is 4.79 Å². The number of hydrogen-bond acceptors (Lipinski definition) is 3. The predicted octanol–water partition coefficient (Wildman–Crippen LogP) is 2.01. The standard InChI is InChI=1S/C13H26N2OS/c1-10-4-6-13(9-14,7-5-10)12(16)15-11(2)8-17-3/h10-11H,4-9,14H2,1-3H3,(H,15,16). The predicted molar refractivity (Wildman–Crippen MR) is 75.1 cm³/mol. The first kappa shape index (κ1) is 14.8. The van der Waals surface area contributed by atoms with Gasteiger partial charge in [-0.2, -0.15) is 11.8 Å². The molecule has 1 atom stereocenters. The van der Waals surface area contributed by atoms with Crippen molar-refractivity contribution in [2.45, 2.75) is 45.6 Å². The van der Waals surface area contributed by atoms with Gasteiger partial charge in [-0.1, -0.05) is 6.92 Å². The highest BCUT2D eigenvalue weighted by atomic mass is 32.2. The zero-order valence-corrected chi connectivity index (χ0v) is 12.1. The van der Waals surface area contributed by atoms with Crippen molar-refractivity contribution in [2.75, 3.05) is 18.6 Å². The Hall–Kier alpha value is -0.220. The van der Waals surface area contributed by atoms with Crippen LogP contribution in [0.25, 0.3) is 0 Å². The van der Waals surface area contributed by atoms with Crippen LogP contribution in [0.5, 0.6) is 0 Å². The van der Waals surface area contributed by atoms with Gasteiger partial charge in [-0.25, -0.2) is 0 Å². The van der Waals surface area contributed by atoms with E-state index in [4.69, 9.17) is 5.73 Å². The zero-order valence-electron chi connectivity index (χ0n) is 11.3. The fourth-order valence-corrected chi connectivity index (χ4v) is 3.09. The summed E-state index contributed by atoms with van der Waals surface area (Å²) >= 11 is 1.76. The van der Waals surface area contributed by atoms with Crippen LogP contribution in [0.1, 0.15) is 39.5 Å². The van der Waals surface area contributed by atoms with Gasteiger partial charge in [-0.05, 0) is 44.8 Å². The van der Waals surface area contributed by atoms with Crippen LogP contribution in [0.3, 0.4) is 0 Å². The molecule has 3 nitrogen and oxygen atoms in total. The smallest absolute Gasteiger partial charge is 0.227 e. The lowest BCUT2D eigenvalue weighted by Crippen LogP contribution is -2.50. The van der Waals surface area contributed by atoms with Crippen LogP contribution < -0.4 is 11.1 Å². The highest BCUT2D eigenvalue weighted by molar-refractivity contribution is 7.98. The SMILES string of the molecule is CSCC(C)NC(=O)C1(CN)CCC(C)CC1. The topological polar surface area (TPSA) is 55.1 Å². The van der Waals surface area contributed by atoms with Crippen molar-refractivity contribution in [3.05, 3.63) is 0 Å². The lowest BCUT2D eigenvalue weighted by molar-refractivity contribution is -0.133. The second-order valence-electron chi connectivity index (χ2n) is 5.50. The average Bonchev–Trinajstić information content (AvgIpc) is 2.30. The Morgan fingerprint density at radius 2 is 2.12 bits per heavy atom. The van der Waals surface area contributed by atoms with E-state index in [1.165, 1.54) is 0 Å². The molecule has 1 rings (SSSR count). The summed E-state index contributed by atoms with van der Waals surface area (Å²) in [6.45, 7) is 4.80. The minimum absolute atomic E-state index is 0.174. The first-order valence-corrected chi connectivity index (χ1v) is 7.93. The molecule has 1 saturated carbocycles. The van der Waals surface area contributed by atoms with Crippen molar-refractivity contribution >= 4 is 17.7 Å². The monoisotopic (exact) mass is 258 g/mol. The molecule has 4 heteroatoms. The Kier molecular flexibility index (Phi) is 5.80. The summed E-state index contributed by atoms with van der Waals surface area (Å²) in [6, 6.07) is 0.236. The van der Waals surface area contributed by atoms with E-state index < -0.39 is 0 Å². The number of carbonyl (C=O) groups is 1. The Morgan fingerprint density at radius 1 is 1.53 bits per heavy atom. The normalized spacial score (nSPS) is 30.9. The highest BCUT2D eigenvalue weighted by Crippen LogP contribution is 2.38. The fourth-order valence-electron chi connectivity index (χ4n) is 2.51. The summed E-state index contributed by atoms with van der Waals surface area (Å²) in [4.78, 5) is 12.3. The molecular weight excluding hydrogens is 232 g/mol. The molecule has 1 fully saturated rings. The molecule has 0 bridgehead atoms. The number of rotatable bonds is 5. The Balaban J connectivity index is 2.57. The second kappa shape index (κ2) is 6.64. The Bertz CT molecular complexity index is 250. The number of nitrogens with two attached hydrogens (primary N) is 1. The number of hydrogen-bond donors (Lipinski definition) is 2. The van der Waals surface area contributed by atoms with Crippen molar-refractivity contribution < 1.29 is 4.79 Å². The number of thioether (sulfide) groups is 1. The lowest BCUT2D eigenvalue weighted by atomic mass is 9.70. The molecule has 0 heterocycles. The van der Waals surface area contributed by atoms with Gasteiger partial charge in [0.15, 0.2) is 0 Å². The molecule has 17 heavy (non-hydrogen) atoms. The number of carbonyl (C=O) groups excluding carboxylic acids is 1. The summed E-state index contributed by atoms with van der Waals surface area (Å²) in [5, 5.41) is 3.12. The molecule has 0 spiro atoms. The third-order valence-electron chi connectivity index (χ3n) is 3.90. The molecule has 0 saturated heterocycles. The van der Waals surface area contributed by atoms with E-state index in [-0.39, 0.29) is 17.4 Å². The van der Waals surface area contributed by atoms with Crippen LogP contribution in [-0.2, 0) is 4.79 Å². The van der Waals surface area contributed by atoms with Crippen LogP contribution in [0.15, 0.2) is 0 Å². The van der Waals surface area contributed by atoms with Gasteiger partial charge in [-0.15, -0.1) is 0 Å². The van der Waals surface area contributed by atoms with E-state index in [0.717, 1.165) is 37.4 Å². The molecule has 100 valence electrons. The third kappa shape index (κ3) is 3.88. The van der Waals surface area contributed by atoms with Crippen LogP contribution in [0.2, 0.25) is 0 Å². The summed E-state index contributed by atoms with van der Waals surface area (Å²) < 4.78 is 0. The first-order valence-electron chi connectivity index (χ1n) is 6.54. The van der Waals surface area contributed by atoms with Crippen LogP contribution in [0.4, 0.5) is 0 Å². The van der Waals surface area contributed by atoms with Gasteiger partial charge in [0.1, 0.15) is 0 Å². The Labute approximate surface area is 109 Å².